The van der Waals surface area contributed by atoms with E-state index < -0.39 is 5.97 Å². The van der Waals surface area contributed by atoms with Gasteiger partial charge in [0.25, 0.3) is 0 Å². The largest absolute Gasteiger partial charge is 0.480 e. The van der Waals surface area contributed by atoms with Crippen molar-refractivity contribution < 1.29 is 9.90 Å². The van der Waals surface area contributed by atoms with E-state index in [1.54, 1.807) is 0 Å². The lowest BCUT2D eigenvalue weighted by atomic mass is 10.0. The first-order valence-electron chi connectivity index (χ1n) is 8.92. The summed E-state index contributed by atoms with van der Waals surface area (Å²) in [7, 11) is 0. The summed E-state index contributed by atoms with van der Waals surface area (Å²) in [5.41, 5.74) is 3.33. The van der Waals surface area contributed by atoms with Crippen LogP contribution < -0.4 is 0 Å². The first-order valence-corrected chi connectivity index (χ1v) is 8.92. The van der Waals surface area contributed by atoms with Gasteiger partial charge in [-0.2, -0.15) is 0 Å². The zero-order valence-corrected chi connectivity index (χ0v) is 14.3. The fraction of sp³-hybridized carbons (Fsp3) is 0.381. The summed E-state index contributed by atoms with van der Waals surface area (Å²) >= 11 is 0. The lowest BCUT2D eigenvalue weighted by Gasteiger charge is -2.06. The molecule has 0 fully saturated rings. The summed E-state index contributed by atoms with van der Waals surface area (Å²) < 4.78 is 1.92. The third-order valence-electron chi connectivity index (χ3n) is 4.70. The summed E-state index contributed by atoms with van der Waals surface area (Å²) in [6, 6.07) is 14.6. The van der Waals surface area contributed by atoms with Crippen LogP contribution >= 0.6 is 0 Å². The highest BCUT2D eigenvalue weighted by Crippen LogP contribution is 2.30. The van der Waals surface area contributed by atoms with Crippen LogP contribution in [0.2, 0.25) is 0 Å². The number of benzene rings is 2. The second-order valence-electron chi connectivity index (χ2n) is 6.51. The summed E-state index contributed by atoms with van der Waals surface area (Å²) in [5, 5.41) is 11.5. The fourth-order valence-electron chi connectivity index (χ4n) is 3.49. The Morgan fingerprint density at radius 3 is 2.50 bits per heavy atom. The molecule has 0 saturated heterocycles. The Bertz CT molecular complexity index is 848. The summed E-state index contributed by atoms with van der Waals surface area (Å²) in [6.07, 6.45) is 7.41. The second kappa shape index (κ2) is 7.52. The van der Waals surface area contributed by atoms with Crippen molar-refractivity contribution in [1.29, 1.82) is 0 Å². The lowest BCUT2D eigenvalue weighted by molar-refractivity contribution is -0.137. The molecule has 0 aliphatic carbocycles. The maximum Gasteiger partial charge on any atom is 0.323 e. The SMILES string of the molecule is CCCCCCCc1ccc2c3ccccc3n(CC(=O)O)c2c1. The number of fused-ring (bicyclic) bond motifs is 3. The van der Waals surface area contributed by atoms with Crippen LogP contribution in [0.1, 0.15) is 44.6 Å². The van der Waals surface area contributed by atoms with Gasteiger partial charge in [0, 0.05) is 21.8 Å². The van der Waals surface area contributed by atoms with E-state index in [-0.39, 0.29) is 6.54 Å². The number of aliphatic carboxylic acids is 1. The maximum atomic E-state index is 11.3. The smallest absolute Gasteiger partial charge is 0.323 e. The van der Waals surface area contributed by atoms with Gasteiger partial charge < -0.3 is 9.67 Å². The molecule has 24 heavy (non-hydrogen) atoms. The monoisotopic (exact) mass is 323 g/mol. The van der Waals surface area contributed by atoms with E-state index in [4.69, 9.17) is 0 Å². The number of carboxylic acid groups (broad SMARTS) is 1. The van der Waals surface area contributed by atoms with E-state index in [1.165, 1.54) is 37.7 Å². The normalized spacial score (nSPS) is 11.4. The summed E-state index contributed by atoms with van der Waals surface area (Å²) in [5.74, 6) is -0.803. The molecular formula is C21H25NO2. The highest BCUT2D eigenvalue weighted by Gasteiger charge is 2.12. The molecule has 3 aromatic rings. The van der Waals surface area contributed by atoms with Gasteiger partial charge in [-0.3, -0.25) is 4.79 Å². The number of aromatic nitrogens is 1. The number of unbranched alkanes of at least 4 members (excludes halogenated alkanes) is 4. The number of nitrogens with zero attached hydrogens (tertiary/aromatic N) is 1. The van der Waals surface area contributed by atoms with Gasteiger partial charge >= 0.3 is 5.97 Å². The topological polar surface area (TPSA) is 42.2 Å². The van der Waals surface area contributed by atoms with Crippen LogP contribution in [0.15, 0.2) is 42.5 Å². The molecule has 0 unspecified atom stereocenters. The van der Waals surface area contributed by atoms with E-state index in [2.05, 4.69) is 31.2 Å². The Kier molecular flexibility index (Phi) is 5.19. The lowest BCUT2D eigenvalue weighted by Crippen LogP contribution is -2.08. The van der Waals surface area contributed by atoms with E-state index in [9.17, 15) is 9.90 Å². The number of para-hydroxylation sites is 1. The molecule has 0 atom stereocenters. The molecule has 126 valence electrons. The molecule has 0 aliphatic rings. The first kappa shape index (κ1) is 16.6. The van der Waals surface area contributed by atoms with Gasteiger partial charge in [-0.15, -0.1) is 0 Å². The average molecular weight is 323 g/mol. The Morgan fingerprint density at radius 2 is 1.71 bits per heavy atom. The Balaban J connectivity index is 1.92. The predicted molar refractivity (Wildman–Crippen MR) is 99.5 cm³/mol. The Morgan fingerprint density at radius 1 is 0.958 bits per heavy atom. The summed E-state index contributed by atoms with van der Waals surface area (Å²) in [4.78, 5) is 11.3. The minimum atomic E-state index is -0.803. The van der Waals surface area contributed by atoms with Crippen molar-refractivity contribution in [2.24, 2.45) is 0 Å². The minimum Gasteiger partial charge on any atom is -0.480 e. The van der Waals surface area contributed by atoms with Gasteiger partial charge in [0.15, 0.2) is 0 Å². The summed E-state index contributed by atoms with van der Waals surface area (Å²) in [6.45, 7) is 2.24. The van der Waals surface area contributed by atoms with Crippen LogP contribution in [0.4, 0.5) is 0 Å². The van der Waals surface area contributed by atoms with E-state index in [1.807, 2.05) is 22.8 Å². The van der Waals surface area contributed by atoms with E-state index in [0.29, 0.717) is 0 Å². The van der Waals surface area contributed by atoms with Crippen molar-refractivity contribution in [1.82, 2.24) is 4.57 Å². The molecule has 0 aliphatic heterocycles. The molecule has 0 spiro atoms. The molecule has 2 aromatic carbocycles. The number of hydrogen-bond donors (Lipinski definition) is 1. The molecule has 0 bridgehead atoms. The Hall–Kier alpha value is -2.29. The molecule has 1 heterocycles. The molecule has 1 aromatic heterocycles. The predicted octanol–water partition coefficient (Wildman–Crippen LogP) is 5.39. The minimum absolute atomic E-state index is 0.00394. The van der Waals surface area contributed by atoms with E-state index >= 15 is 0 Å². The number of hydrogen-bond acceptors (Lipinski definition) is 1. The van der Waals surface area contributed by atoms with Gasteiger partial charge in [0.1, 0.15) is 6.54 Å². The zero-order valence-electron chi connectivity index (χ0n) is 14.3. The highest BCUT2D eigenvalue weighted by atomic mass is 16.4. The molecule has 1 N–H and O–H groups in total. The molecule has 3 rings (SSSR count). The number of carbonyl (C=O) groups is 1. The molecule has 0 saturated carbocycles. The fourth-order valence-corrected chi connectivity index (χ4v) is 3.49. The van der Waals surface area contributed by atoms with Gasteiger partial charge in [-0.05, 0) is 30.5 Å². The number of carboxylic acids is 1. The van der Waals surface area contributed by atoms with Crippen molar-refractivity contribution in [3.63, 3.8) is 0 Å². The third-order valence-corrected chi connectivity index (χ3v) is 4.70. The van der Waals surface area contributed by atoms with Crippen LogP contribution in [0.25, 0.3) is 21.8 Å². The molecule has 3 heteroatoms. The number of rotatable bonds is 8. The van der Waals surface area contributed by atoms with Gasteiger partial charge in [0.05, 0.1) is 0 Å². The molecule has 0 amide bonds. The quantitative estimate of drug-likeness (QED) is 0.565. The van der Waals surface area contributed by atoms with Crippen LogP contribution in [0.3, 0.4) is 0 Å². The van der Waals surface area contributed by atoms with Crippen molar-refractivity contribution >= 4 is 27.8 Å². The standard InChI is InChI=1S/C21H25NO2/c1-2-3-4-5-6-9-16-12-13-18-17-10-7-8-11-19(17)22(15-21(23)24)20(18)14-16/h7-8,10-14H,2-6,9,15H2,1H3,(H,23,24). The Labute approximate surface area is 142 Å². The molecule has 0 radical (unpaired) electrons. The van der Waals surface area contributed by atoms with Gasteiger partial charge in [-0.25, -0.2) is 0 Å². The van der Waals surface area contributed by atoms with Crippen molar-refractivity contribution in [3.8, 4) is 0 Å². The average Bonchev–Trinajstić information content (AvgIpc) is 2.88. The maximum absolute atomic E-state index is 11.3. The van der Waals surface area contributed by atoms with Crippen molar-refractivity contribution in [3.05, 3.63) is 48.0 Å². The van der Waals surface area contributed by atoms with Crippen LogP contribution in [-0.2, 0) is 17.8 Å². The number of aryl methyl sites for hydroxylation is 1. The van der Waals surface area contributed by atoms with Crippen LogP contribution in [-0.4, -0.2) is 15.6 Å². The van der Waals surface area contributed by atoms with Gasteiger partial charge in [-0.1, -0.05) is 62.9 Å². The second-order valence-corrected chi connectivity index (χ2v) is 6.51. The zero-order chi connectivity index (χ0) is 16.9. The van der Waals surface area contributed by atoms with Crippen molar-refractivity contribution in [2.45, 2.75) is 52.0 Å². The van der Waals surface area contributed by atoms with Crippen LogP contribution in [0.5, 0.6) is 0 Å². The first-order chi connectivity index (χ1) is 11.7. The van der Waals surface area contributed by atoms with Crippen molar-refractivity contribution in [2.75, 3.05) is 0 Å². The van der Waals surface area contributed by atoms with Gasteiger partial charge in [0.2, 0.25) is 0 Å². The van der Waals surface area contributed by atoms with Crippen LogP contribution in [0, 0.1) is 0 Å². The third kappa shape index (κ3) is 3.45. The molecular weight excluding hydrogens is 298 g/mol. The van der Waals surface area contributed by atoms with E-state index in [0.717, 1.165) is 28.2 Å². The molecule has 3 nitrogen and oxygen atoms in total. The highest BCUT2D eigenvalue weighted by molar-refractivity contribution is 6.08.